The highest BCUT2D eigenvalue weighted by Gasteiger charge is 2.06. The van der Waals surface area contributed by atoms with Gasteiger partial charge < -0.3 is 16.8 Å². The van der Waals surface area contributed by atoms with Crippen molar-refractivity contribution in [1.82, 2.24) is 5.32 Å². The number of hydrogen-bond acceptors (Lipinski definition) is 3. The maximum atomic E-state index is 5.91. The third-order valence-corrected chi connectivity index (χ3v) is 4.54. The van der Waals surface area contributed by atoms with Gasteiger partial charge >= 0.3 is 0 Å². The number of unbranched alkanes of at least 4 members (excludes halogenated alkanes) is 11. The first-order chi connectivity index (χ1) is 10.7. The molecule has 0 heterocycles. The van der Waals surface area contributed by atoms with Gasteiger partial charge in [0, 0.05) is 12.1 Å². The average Bonchev–Trinajstić information content (AvgIpc) is 2.50. The Kier molecular flexibility index (Phi) is 17.1. The minimum absolute atomic E-state index is 0.105. The number of hydrogen-bond donors (Lipinski definition) is 3. The Bertz CT molecular complexity index is 207. The predicted octanol–water partition coefficient (Wildman–Crippen LogP) is 4.34. The van der Waals surface area contributed by atoms with Gasteiger partial charge in [-0.15, -0.1) is 0 Å². The Hall–Kier alpha value is -0.120. The highest BCUT2D eigenvalue weighted by Crippen LogP contribution is 2.11. The zero-order valence-corrected chi connectivity index (χ0v) is 15.4. The molecule has 0 aromatic carbocycles. The fourth-order valence-electron chi connectivity index (χ4n) is 2.75. The summed E-state index contributed by atoms with van der Waals surface area (Å²) in [6, 6.07) is 0.239. The summed E-state index contributed by atoms with van der Waals surface area (Å²) in [5.74, 6) is 0. The summed E-state index contributed by atoms with van der Waals surface area (Å²) in [6.45, 7) is 6.39. The van der Waals surface area contributed by atoms with E-state index in [9.17, 15) is 0 Å². The predicted molar refractivity (Wildman–Crippen MR) is 100 cm³/mol. The first-order valence-electron chi connectivity index (χ1n) is 9.90. The van der Waals surface area contributed by atoms with Crippen LogP contribution in [-0.2, 0) is 0 Å². The molecule has 0 fully saturated rings. The van der Waals surface area contributed by atoms with Gasteiger partial charge in [-0.1, -0.05) is 77.6 Å². The molecule has 0 rings (SSSR count). The fraction of sp³-hybridized carbons (Fsp3) is 1.00. The van der Waals surface area contributed by atoms with Gasteiger partial charge in [0.05, 0.1) is 0 Å². The summed E-state index contributed by atoms with van der Waals surface area (Å²) in [6.07, 6.45) is 17.9. The Morgan fingerprint density at radius 2 is 1.14 bits per heavy atom. The third-order valence-electron chi connectivity index (χ3n) is 4.54. The smallest absolute Gasteiger partial charge is 0.0201 e. The zero-order valence-electron chi connectivity index (χ0n) is 15.4. The molecule has 0 aliphatic carbocycles. The minimum Gasteiger partial charge on any atom is -0.327 e. The van der Waals surface area contributed by atoms with E-state index in [2.05, 4.69) is 12.2 Å². The van der Waals surface area contributed by atoms with Gasteiger partial charge in [0.15, 0.2) is 0 Å². The Balaban J connectivity index is 3.03. The molecule has 2 atom stereocenters. The van der Waals surface area contributed by atoms with E-state index in [0.717, 1.165) is 19.5 Å². The van der Waals surface area contributed by atoms with Crippen molar-refractivity contribution in [3.63, 3.8) is 0 Å². The Morgan fingerprint density at radius 3 is 1.59 bits per heavy atom. The van der Waals surface area contributed by atoms with E-state index >= 15 is 0 Å². The highest BCUT2D eigenvalue weighted by atomic mass is 14.9. The van der Waals surface area contributed by atoms with Crippen LogP contribution in [0.4, 0.5) is 0 Å². The lowest BCUT2D eigenvalue weighted by atomic mass is 10.1. The molecule has 22 heavy (non-hydrogen) atoms. The van der Waals surface area contributed by atoms with Gasteiger partial charge in [0.1, 0.15) is 0 Å². The maximum absolute atomic E-state index is 5.91. The van der Waals surface area contributed by atoms with Crippen molar-refractivity contribution in [2.75, 3.05) is 13.1 Å². The van der Waals surface area contributed by atoms with Crippen molar-refractivity contribution < 1.29 is 0 Å². The Labute approximate surface area is 140 Å². The summed E-state index contributed by atoms with van der Waals surface area (Å²) < 4.78 is 0. The van der Waals surface area contributed by atoms with E-state index in [0.29, 0.717) is 0 Å². The quantitative estimate of drug-likeness (QED) is 0.350. The first-order valence-corrected chi connectivity index (χ1v) is 9.90. The van der Waals surface area contributed by atoms with Gasteiger partial charge in [0.25, 0.3) is 0 Å². The normalized spacial score (nSPS) is 14.2. The topological polar surface area (TPSA) is 64.1 Å². The SMILES string of the molecule is CCCCCCCCCCCCCCNCCC(N)C(C)N. The summed E-state index contributed by atoms with van der Waals surface area (Å²) >= 11 is 0. The molecular weight excluding hydrogens is 270 g/mol. The second kappa shape index (κ2) is 17.2. The van der Waals surface area contributed by atoms with Crippen molar-refractivity contribution in [3.8, 4) is 0 Å². The summed E-state index contributed by atoms with van der Waals surface area (Å²) in [5.41, 5.74) is 11.6. The first kappa shape index (κ1) is 21.9. The molecule has 0 spiro atoms. The van der Waals surface area contributed by atoms with Crippen molar-refractivity contribution in [2.24, 2.45) is 11.5 Å². The number of nitrogens with two attached hydrogens (primary N) is 2. The largest absolute Gasteiger partial charge is 0.327 e. The molecule has 2 unspecified atom stereocenters. The lowest BCUT2D eigenvalue weighted by molar-refractivity contribution is 0.489. The molecule has 0 aromatic heterocycles. The van der Waals surface area contributed by atoms with Crippen LogP contribution in [-0.4, -0.2) is 25.2 Å². The van der Waals surface area contributed by atoms with Crippen LogP contribution in [0.15, 0.2) is 0 Å². The lowest BCUT2D eigenvalue weighted by Crippen LogP contribution is -2.40. The second-order valence-electron chi connectivity index (χ2n) is 6.95. The summed E-state index contributed by atoms with van der Waals surface area (Å²) in [7, 11) is 0. The van der Waals surface area contributed by atoms with E-state index in [-0.39, 0.29) is 12.1 Å². The van der Waals surface area contributed by atoms with Crippen LogP contribution in [0.3, 0.4) is 0 Å². The van der Waals surface area contributed by atoms with Crippen LogP contribution in [0, 0.1) is 0 Å². The van der Waals surface area contributed by atoms with Crippen molar-refractivity contribution >= 4 is 0 Å². The fourth-order valence-corrected chi connectivity index (χ4v) is 2.75. The minimum atomic E-state index is 0.105. The van der Waals surface area contributed by atoms with E-state index in [1.54, 1.807) is 0 Å². The van der Waals surface area contributed by atoms with Crippen LogP contribution < -0.4 is 16.8 Å². The van der Waals surface area contributed by atoms with Gasteiger partial charge in [-0.05, 0) is 32.9 Å². The van der Waals surface area contributed by atoms with Gasteiger partial charge in [-0.25, -0.2) is 0 Å². The van der Waals surface area contributed by atoms with Crippen molar-refractivity contribution in [3.05, 3.63) is 0 Å². The summed E-state index contributed by atoms with van der Waals surface area (Å²) in [4.78, 5) is 0. The highest BCUT2D eigenvalue weighted by molar-refractivity contribution is 4.71. The van der Waals surface area contributed by atoms with Crippen molar-refractivity contribution in [1.29, 1.82) is 0 Å². The monoisotopic (exact) mass is 313 g/mol. The summed E-state index contributed by atoms with van der Waals surface area (Å²) in [5, 5.41) is 3.47. The second-order valence-corrected chi connectivity index (χ2v) is 6.95. The van der Waals surface area contributed by atoms with Crippen LogP contribution >= 0.6 is 0 Å². The molecule has 0 saturated carbocycles. The van der Waals surface area contributed by atoms with Crippen LogP contribution in [0.1, 0.15) is 97.3 Å². The maximum Gasteiger partial charge on any atom is 0.0201 e. The molecular formula is C19H43N3. The molecule has 0 amide bonds. The van der Waals surface area contributed by atoms with Crippen LogP contribution in [0.5, 0.6) is 0 Å². The Morgan fingerprint density at radius 1 is 0.682 bits per heavy atom. The van der Waals surface area contributed by atoms with Gasteiger partial charge in [0.2, 0.25) is 0 Å². The third kappa shape index (κ3) is 16.3. The molecule has 3 nitrogen and oxygen atoms in total. The molecule has 3 heteroatoms. The van der Waals surface area contributed by atoms with E-state index < -0.39 is 0 Å². The van der Waals surface area contributed by atoms with Gasteiger partial charge in [-0.2, -0.15) is 0 Å². The van der Waals surface area contributed by atoms with Gasteiger partial charge in [-0.3, -0.25) is 0 Å². The molecule has 0 bridgehead atoms. The standard InChI is InChI=1S/C19H43N3/c1-3-4-5-6-7-8-9-10-11-12-13-14-16-22-17-15-19(21)18(2)20/h18-19,22H,3-17,20-21H2,1-2H3. The van der Waals surface area contributed by atoms with Crippen molar-refractivity contribution in [2.45, 2.75) is 109 Å². The molecule has 0 aromatic rings. The molecule has 0 radical (unpaired) electrons. The number of nitrogens with one attached hydrogen (secondary N) is 1. The molecule has 0 aliphatic rings. The lowest BCUT2D eigenvalue weighted by Gasteiger charge is -2.15. The zero-order chi connectivity index (χ0) is 16.5. The molecule has 134 valence electrons. The van der Waals surface area contributed by atoms with E-state index in [4.69, 9.17) is 11.5 Å². The molecule has 0 aliphatic heterocycles. The van der Waals surface area contributed by atoms with Crippen LogP contribution in [0.25, 0.3) is 0 Å². The molecule has 5 N–H and O–H groups in total. The number of rotatable bonds is 17. The van der Waals surface area contributed by atoms with E-state index in [1.807, 2.05) is 6.92 Å². The van der Waals surface area contributed by atoms with E-state index in [1.165, 1.54) is 77.0 Å². The average molecular weight is 314 g/mol. The van der Waals surface area contributed by atoms with Crippen LogP contribution in [0.2, 0.25) is 0 Å². The molecule has 0 saturated heterocycles.